The third kappa shape index (κ3) is 7.03. The molecule has 0 atom stereocenters. The Morgan fingerprint density at radius 1 is 0.711 bits per heavy atom. The molecule has 0 aromatic heterocycles. The standard InChI is InChI=1S/C35H27ClF8O/c1-2-3-4-19-5-7-20(8-6-19)21-9-11-25(27(37)13-21)22-14-29(39)33(30(40)15-22)35(43,44)45-24-10-12-26(28(38)18-24)23-16-31(41)34(36)32(42)17-23/h2,9-20H,1,3-8H2. The van der Waals surface area contributed by atoms with Crippen molar-refractivity contribution in [2.24, 2.45) is 5.92 Å². The minimum atomic E-state index is -4.62. The molecule has 0 saturated heterocycles. The molecule has 0 aliphatic heterocycles. The van der Waals surface area contributed by atoms with E-state index in [9.17, 15) is 13.2 Å². The monoisotopic (exact) mass is 650 g/mol. The van der Waals surface area contributed by atoms with Crippen LogP contribution in [-0.2, 0) is 6.11 Å². The Balaban J connectivity index is 1.34. The lowest BCUT2D eigenvalue weighted by molar-refractivity contribution is -0.189. The first-order valence-corrected chi connectivity index (χ1v) is 14.7. The summed E-state index contributed by atoms with van der Waals surface area (Å²) in [5, 5.41) is -0.804. The summed E-state index contributed by atoms with van der Waals surface area (Å²) >= 11 is 5.43. The van der Waals surface area contributed by atoms with Crippen molar-refractivity contribution < 1.29 is 39.9 Å². The topological polar surface area (TPSA) is 9.23 Å². The summed E-state index contributed by atoms with van der Waals surface area (Å²) in [4.78, 5) is 0. The van der Waals surface area contributed by atoms with Gasteiger partial charge >= 0.3 is 6.11 Å². The second-order valence-electron chi connectivity index (χ2n) is 11.2. The number of halogens is 9. The second kappa shape index (κ2) is 13.3. The highest BCUT2D eigenvalue weighted by molar-refractivity contribution is 6.31. The Bertz CT molecular complexity index is 1680. The first kappa shape index (κ1) is 32.5. The predicted octanol–water partition coefficient (Wildman–Crippen LogP) is 11.9. The van der Waals surface area contributed by atoms with Crippen molar-refractivity contribution >= 4 is 11.6 Å². The highest BCUT2D eigenvalue weighted by Gasteiger charge is 2.41. The summed E-state index contributed by atoms with van der Waals surface area (Å²) in [6.45, 7) is 3.75. The van der Waals surface area contributed by atoms with Gasteiger partial charge in [-0.25, -0.2) is 26.3 Å². The summed E-state index contributed by atoms with van der Waals surface area (Å²) < 4.78 is 122. The largest absolute Gasteiger partial charge is 0.432 e. The quantitative estimate of drug-likeness (QED) is 0.0995. The summed E-state index contributed by atoms with van der Waals surface area (Å²) in [7, 11) is 0. The molecule has 4 aromatic rings. The van der Waals surface area contributed by atoms with Gasteiger partial charge < -0.3 is 4.74 Å². The van der Waals surface area contributed by atoms with Crippen LogP contribution in [0.15, 0.2) is 73.3 Å². The molecule has 0 radical (unpaired) electrons. The molecular weight excluding hydrogens is 624 g/mol. The molecule has 0 spiro atoms. The lowest BCUT2D eigenvalue weighted by Gasteiger charge is -2.28. The van der Waals surface area contributed by atoms with E-state index in [1.54, 1.807) is 6.07 Å². The molecule has 236 valence electrons. The van der Waals surface area contributed by atoms with Gasteiger partial charge in [0.1, 0.15) is 51.2 Å². The summed E-state index contributed by atoms with van der Waals surface area (Å²) in [5.74, 6) is -7.78. The highest BCUT2D eigenvalue weighted by atomic mass is 35.5. The molecule has 0 amide bonds. The lowest BCUT2D eigenvalue weighted by atomic mass is 9.77. The molecular formula is C35H27ClF8O. The van der Waals surface area contributed by atoms with Crippen molar-refractivity contribution in [3.63, 3.8) is 0 Å². The molecule has 1 nitrogen and oxygen atoms in total. The van der Waals surface area contributed by atoms with Gasteiger partial charge in [-0.2, -0.15) is 8.78 Å². The van der Waals surface area contributed by atoms with Gasteiger partial charge in [-0.05, 0) is 110 Å². The van der Waals surface area contributed by atoms with Crippen LogP contribution in [0.5, 0.6) is 5.75 Å². The molecule has 0 N–H and O–H groups in total. The normalized spacial score (nSPS) is 16.9. The molecule has 1 fully saturated rings. The fraction of sp³-hybridized carbons (Fsp3) is 0.257. The van der Waals surface area contributed by atoms with Crippen LogP contribution < -0.4 is 4.74 Å². The molecule has 0 bridgehead atoms. The molecule has 1 aliphatic rings. The Morgan fingerprint density at radius 3 is 1.78 bits per heavy atom. The van der Waals surface area contributed by atoms with Gasteiger partial charge in [0, 0.05) is 17.2 Å². The van der Waals surface area contributed by atoms with Crippen LogP contribution in [0, 0.1) is 40.8 Å². The number of hydrogen-bond donors (Lipinski definition) is 0. The zero-order chi connectivity index (χ0) is 32.5. The predicted molar refractivity (Wildman–Crippen MR) is 157 cm³/mol. The maximum absolute atomic E-state index is 15.2. The van der Waals surface area contributed by atoms with Crippen LogP contribution in [0.25, 0.3) is 22.3 Å². The molecule has 45 heavy (non-hydrogen) atoms. The fourth-order valence-electron chi connectivity index (χ4n) is 5.87. The van der Waals surface area contributed by atoms with Gasteiger partial charge in [-0.15, -0.1) is 6.58 Å². The van der Waals surface area contributed by atoms with E-state index in [0.29, 0.717) is 24.1 Å². The molecule has 0 heterocycles. The third-order valence-electron chi connectivity index (χ3n) is 8.22. The molecule has 0 unspecified atom stereocenters. The SMILES string of the molecule is C=CCCC1CCC(c2ccc(-c3cc(F)c(C(F)(F)Oc4ccc(-c5cc(F)c(Cl)c(F)c5)c(F)c4)c(F)c3)c(F)c2)CC1. The van der Waals surface area contributed by atoms with Gasteiger partial charge in [-0.3, -0.25) is 0 Å². The Kier molecular flexibility index (Phi) is 9.58. The molecule has 1 saturated carbocycles. The van der Waals surface area contributed by atoms with Gasteiger partial charge in [0.25, 0.3) is 0 Å². The van der Waals surface area contributed by atoms with Crippen molar-refractivity contribution in [1.29, 1.82) is 0 Å². The van der Waals surface area contributed by atoms with E-state index in [-0.39, 0.29) is 28.2 Å². The van der Waals surface area contributed by atoms with E-state index in [1.807, 2.05) is 6.08 Å². The van der Waals surface area contributed by atoms with E-state index in [1.165, 1.54) is 12.1 Å². The van der Waals surface area contributed by atoms with Gasteiger partial charge in [0.2, 0.25) is 0 Å². The average molecular weight is 651 g/mol. The first-order chi connectivity index (χ1) is 21.4. The van der Waals surface area contributed by atoms with E-state index >= 15 is 22.0 Å². The summed E-state index contributed by atoms with van der Waals surface area (Å²) in [6.07, 6.45) is 3.09. The maximum atomic E-state index is 15.2. The number of allylic oxidation sites excluding steroid dienone is 1. The van der Waals surface area contributed by atoms with Crippen molar-refractivity contribution in [1.82, 2.24) is 0 Å². The second-order valence-corrected chi connectivity index (χ2v) is 11.5. The minimum absolute atomic E-state index is 0.146. The highest BCUT2D eigenvalue weighted by Crippen LogP contribution is 2.41. The van der Waals surface area contributed by atoms with Crippen LogP contribution in [0.3, 0.4) is 0 Å². The van der Waals surface area contributed by atoms with Crippen molar-refractivity contribution in [2.45, 2.75) is 50.6 Å². The molecule has 1 aliphatic carbocycles. The number of benzene rings is 4. The Hall–Kier alpha value is -3.85. The smallest absolute Gasteiger partial charge is 0.429 e. The van der Waals surface area contributed by atoms with Crippen LogP contribution in [0.1, 0.15) is 55.6 Å². The number of ether oxygens (including phenoxy) is 1. The van der Waals surface area contributed by atoms with Gasteiger partial charge in [-0.1, -0.05) is 29.8 Å². The molecule has 5 rings (SSSR count). The van der Waals surface area contributed by atoms with E-state index in [4.69, 9.17) is 11.6 Å². The van der Waals surface area contributed by atoms with E-state index in [2.05, 4.69) is 11.3 Å². The molecule has 10 heteroatoms. The van der Waals surface area contributed by atoms with Crippen molar-refractivity contribution in [3.05, 3.63) is 124 Å². The van der Waals surface area contributed by atoms with E-state index < -0.39 is 57.3 Å². The zero-order valence-corrected chi connectivity index (χ0v) is 24.5. The third-order valence-corrected chi connectivity index (χ3v) is 8.58. The van der Waals surface area contributed by atoms with Crippen LogP contribution in [0.2, 0.25) is 5.02 Å². The van der Waals surface area contributed by atoms with Crippen molar-refractivity contribution in [2.75, 3.05) is 0 Å². The van der Waals surface area contributed by atoms with Gasteiger partial charge in [0.05, 0.1) is 0 Å². The van der Waals surface area contributed by atoms with Crippen LogP contribution in [0.4, 0.5) is 35.1 Å². The average Bonchev–Trinajstić information content (AvgIpc) is 2.98. The zero-order valence-electron chi connectivity index (χ0n) is 23.8. The van der Waals surface area contributed by atoms with Crippen LogP contribution >= 0.6 is 11.6 Å². The van der Waals surface area contributed by atoms with E-state index in [0.717, 1.165) is 68.4 Å². The fourth-order valence-corrected chi connectivity index (χ4v) is 5.98. The lowest BCUT2D eigenvalue weighted by Crippen LogP contribution is -2.25. The summed E-state index contributed by atoms with van der Waals surface area (Å²) in [5.41, 5.74) is -2.10. The maximum Gasteiger partial charge on any atom is 0.432 e. The first-order valence-electron chi connectivity index (χ1n) is 14.3. The molecule has 4 aromatic carbocycles. The number of rotatable bonds is 9. The van der Waals surface area contributed by atoms with Crippen LogP contribution in [-0.4, -0.2) is 0 Å². The Labute approximate surface area is 260 Å². The number of alkyl halides is 2. The number of hydrogen-bond acceptors (Lipinski definition) is 1. The van der Waals surface area contributed by atoms with Crippen molar-refractivity contribution in [3.8, 4) is 28.0 Å². The van der Waals surface area contributed by atoms with Gasteiger partial charge in [0.15, 0.2) is 0 Å². The minimum Gasteiger partial charge on any atom is -0.429 e. The summed E-state index contributed by atoms with van der Waals surface area (Å²) in [6, 6.07) is 9.23. The Morgan fingerprint density at radius 2 is 1.24 bits per heavy atom.